The number of nitrogens with zero attached hydrogens (tertiary/aromatic N) is 1. The van der Waals surface area contributed by atoms with Crippen molar-refractivity contribution in [2.75, 3.05) is 31.6 Å². The van der Waals surface area contributed by atoms with Crippen LogP contribution < -0.4 is 5.32 Å². The summed E-state index contributed by atoms with van der Waals surface area (Å²) in [6.45, 7) is 3.78. The second-order valence-electron chi connectivity index (χ2n) is 7.03. The molecule has 0 unspecified atom stereocenters. The van der Waals surface area contributed by atoms with Gasteiger partial charge in [0, 0.05) is 12.2 Å². The van der Waals surface area contributed by atoms with E-state index in [1.807, 2.05) is 24.3 Å². The van der Waals surface area contributed by atoms with Gasteiger partial charge < -0.3 is 15.0 Å². The Balaban J connectivity index is 1.52. The highest BCUT2D eigenvalue weighted by molar-refractivity contribution is 6.39. The van der Waals surface area contributed by atoms with Crippen molar-refractivity contribution >= 4 is 40.5 Å². The summed E-state index contributed by atoms with van der Waals surface area (Å²) in [5, 5.41) is 4.31. The fraction of sp³-hybridized carbons (Fsp3) is 0.409. The fourth-order valence-electron chi connectivity index (χ4n) is 3.41. The van der Waals surface area contributed by atoms with Gasteiger partial charge in [0.25, 0.3) is 0 Å². The quantitative estimate of drug-likeness (QED) is 0.439. The summed E-state index contributed by atoms with van der Waals surface area (Å²) in [6, 6.07) is 13.0. The first-order valence-corrected chi connectivity index (χ1v) is 10.6. The van der Waals surface area contributed by atoms with E-state index in [2.05, 4.69) is 10.2 Å². The minimum atomic E-state index is -0.224. The van der Waals surface area contributed by atoms with E-state index in [4.69, 9.17) is 27.9 Å². The molecule has 3 rings (SSSR count). The number of hydrogen-bond acceptors (Lipinski definition) is 4. The molecule has 6 heteroatoms. The molecular formula is C22H26Cl2N2O2. The first-order valence-electron chi connectivity index (χ1n) is 9.80. The first kappa shape index (κ1) is 21.0. The molecule has 150 valence electrons. The van der Waals surface area contributed by atoms with Gasteiger partial charge in [-0.05, 0) is 56.1 Å². The molecule has 1 saturated heterocycles. The summed E-state index contributed by atoms with van der Waals surface area (Å²) in [6.07, 6.45) is 4.96. The topological polar surface area (TPSA) is 41.6 Å². The van der Waals surface area contributed by atoms with E-state index in [0.29, 0.717) is 22.3 Å². The average molecular weight is 421 g/mol. The Morgan fingerprint density at radius 2 is 1.71 bits per heavy atom. The minimum absolute atomic E-state index is 0.203. The van der Waals surface area contributed by atoms with Gasteiger partial charge in [0.1, 0.15) is 0 Å². The molecule has 2 aromatic carbocycles. The lowest BCUT2D eigenvalue weighted by molar-refractivity contribution is -0.143. The van der Waals surface area contributed by atoms with Crippen LogP contribution in [0.25, 0.3) is 0 Å². The van der Waals surface area contributed by atoms with Crippen molar-refractivity contribution in [1.82, 2.24) is 4.90 Å². The number of esters is 1. The number of piperidine rings is 1. The van der Waals surface area contributed by atoms with Crippen LogP contribution in [-0.4, -0.2) is 37.1 Å². The number of para-hydroxylation sites is 2. The molecule has 0 radical (unpaired) electrons. The van der Waals surface area contributed by atoms with Crippen LogP contribution in [0.4, 0.5) is 11.4 Å². The molecule has 0 bridgehead atoms. The zero-order valence-electron chi connectivity index (χ0n) is 15.9. The smallest absolute Gasteiger partial charge is 0.310 e. The third-order valence-corrected chi connectivity index (χ3v) is 5.53. The van der Waals surface area contributed by atoms with Gasteiger partial charge >= 0.3 is 5.97 Å². The first-order chi connectivity index (χ1) is 13.6. The number of halogens is 2. The van der Waals surface area contributed by atoms with E-state index >= 15 is 0 Å². The maximum Gasteiger partial charge on any atom is 0.310 e. The normalized spacial score (nSPS) is 14.6. The van der Waals surface area contributed by atoms with Gasteiger partial charge in [0.15, 0.2) is 0 Å². The molecule has 2 aromatic rings. The zero-order valence-corrected chi connectivity index (χ0v) is 17.4. The second-order valence-corrected chi connectivity index (χ2v) is 7.85. The van der Waals surface area contributed by atoms with E-state index in [1.165, 1.54) is 19.3 Å². The van der Waals surface area contributed by atoms with Crippen LogP contribution in [-0.2, 0) is 16.0 Å². The average Bonchev–Trinajstić information content (AvgIpc) is 2.70. The van der Waals surface area contributed by atoms with Crippen molar-refractivity contribution < 1.29 is 9.53 Å². The van der Waals surface area contributed by atoms with Crippen molar-refractivity contribution in [3.8, 4) is 0 Å². The van der Waals surface area contributed by atoms with Crippen molar-refractivity contribution in [1.29, 1.82) is 0 Å². The Kier molecular flexibility index (Phi) is 8.01. The van der Waals surface area contributed by atoms with Gasteiger partial charge in [-0.1, -0.05) is 53.9 Å². The molecule has 28 heavy (non-hydrogen) atoms. The van der Waals surface area contributed by atoms with Crippen LogP contribution in [0.3, 0.4) is 0 Å². The lowest BCUT2D eigenvalue weighted by Gasteiger charge is -2.26. The Bertz CT molecular complexity index is 772. The number of hydrogen-bond donors (Lipinski definition) is 1. The van der Waals surface area contributed by atoms with Crippen molar-refractivity contribution in [2.24, 2.45) is 0 Å². The molecule has 1 aliphatic rings. The summed E-state index contributed by atoms with van der Waals surface area (Å²) in [4.78, 5) is 14.7. The Labute approximate surface area is 176 Å². The Hall–Kier alpha value is -1.75. The maximum atomic E-state index is 12.3. The van der Waals surface area contributed by atoms with Gasteiger partial charge in [-0.25, -0.2) is 0 Å². The predicted molar refractivity (Wildman–Crippen MR) is 116 cm³/mol. The summed E-state index contributed by atoms with van der Waals surface area (Å²) in [7, 11) is 0. The van der Waals surface area contributed by atoms with E-state index in [0.717, 1.165) is 37.3 Å². The molecule has 0 spiro atoms. The molecule has 4 nitrogen and oxygen atoms in total. The molecule has 1 aliphatic heterocycles. The number of carbonyl (C=O) groups is 1. The molecule has 1 N–H and O–H groups in total. The number of rotatable bonds is 8. The predicted octanol–water partition coefficient (Wildman–Crippen LogP) is 5.70. The van der Waals surface area contributed by atoms with E-state index in [-0.39, 0.29) is 12.4 Å². The van der Waals surface area contributed by atoms with E-state index in [1.54, 1.807) is 18.2 Å². The number of benzene rings is 2. The third-order valence-electron chi connectivity index (χ3n) is 4.90. The largest absolute Gasteiger partial charge is 0.465 e. The summed E-state index contributed by atoms with van der Waals surface area (Å²) < 4.78 is 5.44. The fourth-order valence-corrected chi connectivity index (χ4v) is 3.90. The van der Waals surface area contributed by atoms with Crippen LogP contribution in [0, 0.1) is 0 Å². The Morgan fingerprint density at radius 3 is 2.46 bits per heavy atom. The molecular weight excluding hydrogens is 395 g/mol. The SMILES string of the molecule is O=C(Cc1ccccc1Nc1c(Cl)cccc1Cl)OCCCN1CCCCC1. The molecule has 0 aromatic heterocycles. The van der Waals surface area contributed by atoms with Gasteiger partial charge in [-0.3, -0.25) is 4.79 Å². The van der Waals surface area contributed by atoms with Crippen molar-refractivity contribution in [3.05, 3.63) is 58.1 Å². The number of likely N-dealkylation sites (tertiary alicyclic amines) is 1. The third kappa shape index (κ3) is 6.13. The highest BCUT2D eigenvalue weighted by atomic mass is 35.5. The van der Waals surface area contributed by atoms with E-state index in [9.17, 15) is 4.79 Å². The van der Waals surface area contributed by atoms with Crippen LogP contribution in [0.15, 0.2) is 42.5 Å². The summed E-state index contributed by atoms with van der Waals surface area (Å²) in [5.41, 5.74) is 2.27. The van der Waals surface area contributed by atoms with Crippen molar-refractivity contribution in [2.45, 2.75) is 32.1 Å². The maximum absolute atomic E-state index is 12.3. The molecule has 1 heterocycles. The standard InChI is InChI=1S/C22H26Cl2N2O2/c23-18-9-6-10-19(24)22(18)25-20-11-3-2-8-17(20)16-21(27)28-15-7-14-26-12-4-1-5-13-26/h2-3,6,8-11,25H,1,4-5,7,12-16H2. The second kappa shape index (κ2) is 10.7. The van der Waals surface area contributed by atoms with Gasteiger partial charge in [-0.15, -0.1) is 0 Å². The molecule has 0 aliphatic carbocycles. The molecule has 0 saturated carbocycles. The molecule has 0 atom stereocenters. The summed E-state index contributed by atoms with van der Waals surface area (Å²) >= 11 is 12.5. The highest BCUT2D eigenvalue weighted by Gasteiger charge is 2.13. The molecule has 0 amide bonds. The van der Waals surface area contributed by atoms with Crippen molar-refractivity contribution in [3.63, 3.8) is 0 Å². The molecule has 1 fully saturated rings. The lowest BCUT2D eigenvalue weighted by Crippen LogP contribution is -2.31. The number of carbonyl (C=O) groups excluding carboxylic acids is 1. The van der Waals surface area contributed by atoms with Crippen LogP contribution in [0.1, 0.15) is 31.2 Å². The van der Waals surface area contributed by atoms with Crippen LogP contribution >= 0.6 is 23.2 Å². The van der Waals surface area contributed by atoms with Crippen LogP contribution in [0.2, 0.25) is 10.0 Å². The van der Waals surface area contributed by atoms with Gasteiger partial charge in [0.2, 0.25) is 0 Å². The van der Waals surface area contributed by atoms with Gasteiger partial charge in [-0.2, -0.15) is 0 Å². The minimum Gasteiger partial charge on any atom is -0.465 e. The zero-order chi connectivity index (χ0) is 19.8. The number of nitrogens with one attached hydrogen (secondary N) is 1. The monoisotopic (exact) mass is 420 g/mol. The lowest BCUT2D eigenvalue weighted by atomic mass is 10.1. The summed E-state index contributed by atoms with van der Waals surface area (Å²) in [5.74, 6) is -0.224. The highest BCUT2D eigenvalue weighted by Crippen LogP contribution is 2.33. The van der Waals surface area contributed by atoms with E-state index < -0.39 is 0 Å². The number of anilines is 2. The van der Waals surface area contributed by atoms with Crippen LogP contribution in [0.5, 0.6) is 0 Å². The number of ether oxygens (including phenoxy) is 1. The Morgan fingerprint density at radius 1 is 1.00 bits per heavy atom. The van der Waals surface area contributed by atoms with Gasteiger partial charge in [0.05, 0.1) is 28.8 Å².